The Morgan fingerprint density at radius 1 is 0.613 bits per heavy atom. The molecular formula is C60H64Cl2N12O6. The number of anilines is 5. The number of ether oxygens (including phenoxy) is 2. The molecule has 414 valence electrons. The molecule has 4 heterocycles. The van der Waals surface area contributed by atoms with E-state index in [0.29, 0.717) is 96.1 Å². The lowest BCUT2D eigenvalue weighted by atomic mass is 9.90. The molecule has 2 aromatic heterocycles. The number of morpholine rings is 2. The first-order valence-corrected chi connectivity index (χ1v) is 28.4. The summed E-state index contributed by atoms with van der Waals surface area (Å²) in [6, 6.07) is 26.7. The van der Waals surface area contributed by atoms with Crippen LogP contribution in [0.2, 0.25) is 10.0 Å². The number of carbonyl (C=O) groups is 2. The molecule has 18 nitrogen and oxygen atoms in total. The predicted molar refractivity (Wildman–Crippen MR) is 313 cm³/mol. The first-order chi connectivity index (χ1) is 39.0. The van der Waals surface area contributed by atoms with Gasteiger partial charge in [-0.2, -0.15) is 0 Å². The summed E-state index contributed by atoms with van der Waals surface area (Å²) < 4.78 is 10.9. The quantitative estimate of drug-likeness (QED) is 0.0412. The number of non-ortho nitro benzene ring substituents is 1. The largest absolute Gasteiger partial charge is 0.399 e. The number of nitrogens with two attached hydrogens (primary N) is 1. The van der Waals surface area contributed by atoms with Crippen LogP contribution in [0, 0.1) is 10.1 Å². The number of nitrogens with zero attached hydrogens (tertiary/aromatic N) is 7. The van der Waals surface area contributed by atoms with E-state index in [1.54, 1.807) is 24.5 Å². The summed E-state index contributed by atoms with van der Waals surface area (Å²) in [5.74, 6) is 0.768. The molecule has 4 aliphatic carbocycles. The normalized spacial score (nSPS) is 20.5. The van der Waals surface area contributed by atoms with Gasteiger partial charge in [-0.25, -0.2) is 19.9 Å². The van der Waals surface area contributed by atoms with Gasteiger partial charge in [-0.15, -0.1) is 0 Å². The minimum atomic E-state index is -0.435. The van der Waals surface area contributed by atoms with Crippen LogP contribution < -0.4 is 36.8 Å². The number of nitrogen functional groups attached to an aromatic ring is 1. The van der Waals surface area contributed by atoms with Crippen molar-refractivity contribution in [3.05, 3.63) is 174 Å². The molecule has 4 atom stereocenters. The molecule has 6 N–H and O–H groups in total. The van der Waals surface area contributed by atoms with Crippen LogP contribution in [0.3, 0.4) is 0 Å². The summed E-state index contributed by atoms with van der Waals surface area (Å²) in [7, 11) is 0. The maximum atomic E-state index is 13.4. The molecule has 2 amide bonds. The zero-order chi connectivity index (χ0) is 55.1. The number of allylic oxidation sites excluding steroid dienone is 2. The van der Waals surface area contributed by atoms with Crippen LogP contribution in [0.4, 0.5) is 34.6 Å². The third-order valence-electron chi connectivity index (χ3n) is 15.8. The highest BCUT2D eigenvalue weighted by molar-refractivity contribution is 6.32. The van der Waals surface area contributed by atoms with E-state index in [1.807, 2.05) is 35.2 Å². The zero-order valence-electron chi connectivity index (χ0n) is 44.3. The van der Waals surface area contributed by atoms with Crippen molar-refractivity contribution in [2.45, 2.75) is 88.4 Å². The molecule has 4 aromatic carbocycles. The van der Waals surface area contributed by atoms with E-state index < -0.39 is 4.92 Å². The number of benzene rings is 4. The average molecular weight is 1120 g/mol. The second kappa shape index (κ2) is 24.8. The molecule has 80 heavy (non-hydrogen) atoms. The Morgan fingerprint density at radius 3 is 1.55 bits per heavy atom. The lowest BCUT2D eigenvalue weighted by molar-refractivity contribution is -0.384. The standard InChI is InChI=1S/C30H31ClN6O4.C30H33ClN6O2/c31-26-18-32-30(35-28(26)24-10-8-19-4-1-2-7-23(19)24)34-21-6-3-5-20(16-21)33-29(38)25-11-9-22(37(39)40)17-27(25)36-12-14-41-15-13-36;31-26-18-33-30(36-28(26)24-10-8-19-4-1-2-7-23(19)24)35-22-6-3-5-21(17-22)34-29(38)25-11-9-20(32)16-27(25)37-12-14-39-15-13-37/h1-2,4,7,9-11,17-18,20-21H,3,5-6,8,12-16H2,(H,33,38)(H,32,34,35);1-2,4,7,9-11,16,18,21-22H,3,5-6,8,12-15,17,32H2,(H,34,38)(H,33,35,36)/t20-,21+;21-,22+/m00/s1. The van der Waals surface area contributed by atoms with Gasteiger partial charge < -0.3 is 46.3 Å². The third-order valence-corrected chi connectivity index (χ3v) is 16.3. The maximum absolute atomic E-state index is 13.4. The highest BCUT2D eigenvalue weighted by Crippen LogP contribution is 2.38. The van der Waals surface area contributed by atoms with Crippen LogP contribution in [0.25, 0.3) is 11.1 Å². The number of aromatic nitrogens is 4. The predicted octanol–water partition coefficient (Wildman–Crippen LogP) is 9.71. The molecular weight excluding hydrogens is 1060 g/mol. The minimum absolute atomic E-state index is 0.0378. The van der Waals surface area contributed by atoms with E-state index in [2.05, 4.69) is 78.6 Å². The van der Waals surface area contributed by atoms with Crippen molar-refractivity contribution in [2.75, 3.05) is 78.8 Å². The van der Waals surface area contributed by atoms with Crippen molar-refractivity contribution in [2.24, 2.45) is 0 Å². The summed E-state index contributed by atoms with van der Waals surface area (Å²) in [6.07, 6.45) is 16.5. The molecule has 0 radical (unpaired) electrons. The topological polar surface area (TPSA) is 228 Å². The molecule has 4 fully saturated rings. The fourth-order valence-electron chi connectivity index (χ4n) is 11.8. The van der Waals surface area contributed by atoms with E-state index in [1.165, 1.54) is 28.8 Å². The number of rotatable bonds is 13. The lowest BCUT2D eigenvalue weighted by Gasteiger charge is -2.32. The molecule has 2 saturated heterocycles. The van der Waals surface area contributed by atoms with E-state index >= 15 is 0 Å². The van der Waals surface area contributed by atoms with Gasteiger partial charge in [0.05, 0.1) is 87.7 Å². The molecule has 2 saturated carbocycles. The van der Waals surface area contributed by atoms with E-state index in [-0.39, 0.29) is 41.7 Å². The first-order valence-electron chi connectivity index (χ1n) is 27.6. The smallest absolute Gasteiger partial charge is 0.271 e. The van der Waals surface area contributed by atoms with Gasteiger partial charge in [-0.3, -0.25) is 19.7 Å². The van der Waals surface area contributed by atoms with Gasteiger partial charge in [0.25, 0.3) is 17.5 Å². The SMILES string of the molecule is Nc1ccc(C(=O)N[C@H]2CCC[C@@H](Nc3ncc(Cl)c(C4=CCc5ccccc54)n3)C2)c(N2CCOCC2)c1.O=C(N[C@H]1CCC[C@@H](Nc2ncc(Cl)c(C3=CCc4ccccc43)n2)C1)c1ccc([N+](=O)[O-])cc1N1CCOCC1. The highest BCUT2D eigenvalue weighted by atomic mass is 35.5. The first kappa shape index (κ1) is 54.3. The summed E-state index contributed by atoms with van der Waals surface area (Å²) in [5, 5.41) is 25.9. The van der Waals surface area contributed by atoms with Crippen molar-refractivity contribution in [3.63, 3.8) is 0 Å². The zero-order valence-corrected chi connectivity index (χ0v) is 45.9. The summed E-state index contributed by atoms with van der Waals surface area (Å²) >= 11 is 13.1. The monoisotopic (exact) mass is 1120 g/mol. The number of nitro groups is 1. The molecule has 0 spiro atoms. The fourth-order valence-corrected chi connectivity index (χ4v) is 12.1. The van der Waals surface area contributed by atoms with Gasteiger partial charge in [0, 0.05) is 79.3 Å². The number of nitro benzene ring substituents is 1. The number of halogens is 2. The van der Waals surface area contributed by atoms with Crippen molar-refractivity contribution in [3.8, 4) is 0 Å². The Labute approximate surface area is 474 Å². The Hall–Kier alpha value is -7.64. The molecule has 2 aliphatic heterocycles. The second-order valence-electron chi connectivity index (χ2n) is 21.0. The number of carbonyl (C=O) groups excluding carboxylic acids is 2. The van der Waals surface area contributed by atoms with Gasteiger partial charge in [0.2, 0.25) is 11.9 Å². The maximum Gasteiger partial charge on any atom is 0.271 e. The van der Waals surface area contributed by atoms with Gasteiger partial charge in [-0.05, 0) is 111 Å². The molecule has 0 unspecified atom stereocenters. The number of nitrogens with one attached hydrogen (secondary N) is 4. The van der Waals surface area contributed by atoms with Gasteiger partial charge in [0.1, 0.15) is 0 Å². The Bertz CT molecular complexity index is 3350. The van der Waals surface area contributed by atoms with Gasteiger partial charge >= 0.3 is 0 Å². The van der Waals surface area contributed by atoms with Gasteiger partial charge in [0.15, 0.2) is 0 Å². The summed E-state index contributed by atoms with van der Waals surface area (Å²) in [4.78, 5) is 60.5. The molecule has 12 rings (SSSR count). The van der Waals surface area contributed by atoms with Crippen LogP contribution in [0.5, 0.6) is 0 Å². The van der Waals surface area contributed by atoms with Crippen molar-refractivity contribution >= 4 is 80.8 Å². The lowest BCUT2D eigenvalue weighted by Crippen LogP contribution is -2.43. The Balaban J connectivity index is 0.000000169. The van der Waals surface area contributed by atoms with Crippen LogP contribution in [0.1, 0.15) is 106 Å². The molecule has 6 aliphatic rings. The van der Waals surface area contributed by atoms with Crippen molar-refractivity contribution < 1.29 is 24.0 Å². The Kier molecular flexibility index (Phi) is 16.8. The molecule has 20 heteroatoms. The van der Waals surface area contributed by atoms with E-state index in [4.69, 9.17) is 48.4 Å². The summed E-state index contributed by atoms with van der Waals surface area (Å²) in [6.45, 7) is 4.94. The van der Waals surface area contributed by atoms with Crippen LogP contribution >= 0.6 is 23.2 Å². The highest BCUT2D eigenvalue weighted by Gasteiger charge is 2.30. The number of fused-ring (bicyclic) bond motifs is 2. The van der Waals surface area contributed by atoms with E-state index in [9.17, 15) is 19.7 Å². The second-order valence-corrected chi connectivity index (χ2v) is 21.8. The third kappa shape index (κ3) is 12.5. The number of hydrogen-bond donors (Lipinski definition) is 5. The van der Waals surface area contributed by atoms with Crippen LogP contribution in [-0.2, 0) is 22.3 Å². The van der Waals surface area contributed by atoms with Crippen LogP contribution in [-0.4, -0.2) is 113 Å². The van der Waals surface area contributed by atoms with Crippen molar-refractivity contribution in [1.82, 2.24) is 30.6 Å². The Morgan fingerprint density at radius 2 is 1.06 bits per heavy atom. The van der Waals surface area contributed by atoms with Crippen molar-refractivity contribution in [1.29, 1.82) is 0 Å². The molecule has 6 aromatic rings. The van der Waals surface area contributed by atoms with Gasteiger partial charge in [-0.1, -0.05) is 83.9 Å². The summed E-state index contributed by atoms with van der Waals surface area (Å²) in [5.41, 5.74) is 17.6. The molecule has 0 bridgehead atoms. The minimum Gasteiger partial charge on any atom is -0.399 e. The number of amides is 2. The average Bonchev–Trinajstić information content (AvgIpc) is 4.13. The number of hydrogen-bond acceptors (Lipinski definition) is 15. The van der Waals surface area contributed by atoms with E-state index in [0.717, 1.165) is 99.0 Å². The van der Waals surface area contributed by atoms with Crippen LogP contribution in [0.15, 0.2) is 109 Å². The fraction of sp³-hybridized carbons (Fsp3) is 0.367.